The van der Waals surface area contributed by atoms with E-state index in [-0.39, 0.29) is 30.8 Å². The first-order valence-electron chi connectivity index (χ1n) is 9.74. The molecular weight excluding hydrogens is 407 g/mol. The number of hydrogen-bond donors (Lipinski definition) is 1. The highest BCUT2D eigenvalue weighted by Crippen LogP contribution is 2.35. The Kier molecular flexibility index (Phi) is 7.53. The Morgan fingerprint density at radius 3 is 2.80 bits per heavy atom. The Bertz CT molecular complexity index is 903. The molecule has 0 spiro atoms. The molecule has 1 atom stereocenters. The predicted molar refractivity (Wildman–Crippen MR) is 114 cm³/mol. The van der Waals surface area contributed by atoms with Crippen LogP contribution in [0.2, 0.25) is 0 Å². The van der Waals surface area contributed by atoms with E-state index in [1.165, 1.54) is 34.4 Å². The molecule has 1 aromatic heterocycles. The van der Waals surface area contributed by atoms with Crippen molar-refractivity contribution in [2.45, 2.75) is 19.4 Å². The van der Waals surface area contributed by atoms with Gasteiger partial charge in [0.1, 0.15) is 12.4 Å². The van der Waals surface area contributed by atoms with E-state index in [1.54, 1.807) is 25.1 Å². The number of carbonyl (C=O) groups excluding carboxylic acids is 2. The number of halogens is 1. The molecular formula is C21H25FN4O3S. The van der Waals surface area contributed by atoms with Crippen LogP contribution < -0.4 is 5.32 Å². The van der Waals surface area contributed by atoms with Crippen molar-refractivity contribution < 1.29 is 18.7 Å². The molecule has 160 valence electrons. The molecule has 1 aliphatic heterocycles. The predicted octanol–water partition coefficient (Wildman–Crippen LogP) is 3.24. The SMILES string of the molecule is CCNC(=O)N(CCOC)CC(=O)N1N=C(c2cccs2)C[C@H]1c1ccccc1F. The number of hydrogen-bond acceptors (Lipinski definition) is 5. The van der Waals surface area contributed by atoms with Crippen molar-refractivity contribution in [2.24, 2.45) is 5.10 Å². The summed E-state index contributed by atoms with van der Waals surface area (Å²) in [7, 11) is 1.53. The molecule has 0 fully saturated rings. The second kappa shape index (κ2) is 10.3. The number of hydrazone groups is 1. The van der Waals surface area contributed by atoms with Gasteiger partial charge in [-0.15, -0.1) is 11.3 Å². The van der Waals surface area contributed by atoms with Gasteiger partial charge in [-0.2, -0.15) is 5.10 Å². The van der Waals surface area contributed by atoms with E-state index < -0.39 is 6.04 Å². The van der Waals surface area contributed by atoms with Gasteiger partial charge < -0.3 is 15.0 Å². The summed E-state index contributed by atoms with van der Waals surface area (Å²) < 4.78 is 19.6. The number of ether oxygens (including phenoxy) is 1. The topological polar surface area (TPSA) is 74.2 Å². The lowest BCUT2D eigenvalue weighted by Crippen LogP contribution is -2.47. The Morgan fingerprint density at radius 1 is 1.33 bits per heavy atom. The molecule has 0 radical (unpaired) electrons. The number of methoxy groups -OCH3 is 1. The molecule has 0 bridgehead atoms. The average Bonchev–Trinajstić information content (AvgIpc) is 3.41. The third-order valence-electron chi connectivity index (χ3n) is 4.74. The van der Waals surface area contributed by atoms with E-state index in [0.717, 1.165) is 10.6 Å². The molecule has 0 saturated heterocycles. The van der Waals surface area contributed by atoms with Crippen LogP contribution in [0.25, 0.3) is 0 Å². The Balaban J connectivity index is 1.86. The summed E-state index contributed by atoms with van der Waals surface area (Å²) in [5.41, 5.74) is 1.13. The maximum Gasteiger partial charge on any atom is 0.317 e. The van der Waals surface area contributed by atoms with Crippen LogP contribution in [-0.4, -0.2) is 60.9 Å². The van der Waals surface area contributed by atoms with E-state index in [1.807, 2.05) is 17.5 Å². The van der Waals surface area contributed by atoms with Crippen LogP contribution in [0.1, 0.15) is 29.8 Å². The summed E-state index contributed by atoms with van der Waals surface area (Å²) in [6.45, 7) is 2.62. The second-order valence-corrected chi connectivity index (χ2v) is 7.70. The molecule has 30 heavy (non-hydrogen) atoms. The van der Waals surface area contributed by atoms with Crippen molar-refractivity contribution in [3.63, 3.8) is 0 Å². The zero-order chi connectivity index (χ0) is 21.5. The fourth-order valence-corrected chi connectivity index (χ4v) is 3.99. The minimum atomic E-state index is -0.561. The van der Waals surface area contributed by atoms with Gasteiger partial charge in [-0.1, -0.05) is 24.3 Å². The molecule has 3 rings (SSSR count). The number of nitrogens with zero attached hydrogens (tertiary/aromatic N) is 3. The average molecular weight is 433 g/mol. The van der Waals surface area contributed by atoms with Gasteiger partial charge in [-0.05, 0) is 24.4 Å². The monoisotopic (exact) mass is 432 g/mol. The van der Waals surface area contributed by atoms with Gasteiger partial charge in [0.25, 0.3) is 5.91 Å². The van der Waals surface area contributed by atoms with Crippen LogP contribution in [0.3, 0.4) is 0 Å². The zero-order valence-corrected chi connectivity index (χ0v) is 17.8. The standard InChI is InChI=1S/C21H25FN4O3S/c1-3-23-21(28)25(10-11-29-2)14-20(27)26-18(15-7-4-5-8-16(15)22)13-17(24-26)19-9-6-12-30-19/h4-9,12,18H,3,10-11,13-14H2,1-2H3,(H,23,28)/t18-/m0/s1. The van der Waals surface area contributed by atoms with Crippen LogP contribution in [0, 0.1) is 5.82 Å². The van der Waals surface area contributed by atoms with E-state index in [2.05, 4.69) is 10.4 Å². The van der Waals surface area contributed by atoms with Crippen LogP contribution >= 0.6 is 11.3 Å². The molecule has 1 aliphatic rings. The van der Waals surface area contributed by atoms with Gasteiger partial charge in [0, 0.05) is 32.2 Å². The van der Waals surface area contributed by atoms with Crippen molar-refractivity contribution in [3.05, 3.63) is 58.0 Å². The molecule has 0 aliphatic carbocycles. The summed E-state index contributed by atoms with van der Waals surface area (Å²) >= 11 is 1.52. The number of benzene rings is 1. The quantitative estimate of drug-likeness (QED) is 0.696. The minimum Gasteiger partial charge on any atom is -0.383 e. The molecule has 7 nitrogen and oxygen atoms in total. The summed E-state index contributed by atoms with van der Waals surface area (Å²) in [4.78, 5) is 27.8. The summed E-state index contributed by atoms with van der Waals surface area (Å²) in [6.07, 6.45) is 0.409. The Morgan fingerprint density at radius 2 is 2.13 bits per heavy atom. The third-order valence-corrected chi connectivity index (χ3v) is 5.66. The summed E-state index contributed by atoms with van der Waals surface area (Å²) in [5.74, 6) is -0.764. The molecule has 1 aromatic carbocycles. The maximum absolute atomic E-state index is 14.5. The molecule has 3 amide bonds. The van der Waals surface area contributed by atoms with Gasteiger partial charge in [-0.25, -0.2) is 14.2 Å². The largest absolute Gasteiger partial charge is 0.383 e. The van der Waals surface area contributed by atoms with E-state index in [0.29, 0.717) is 25.1 Å². The van der Waals surface area contributed by atoms with Crippen LogP contribution in [0.4, 0.5) is 9.18 Å². The Labute approximate surface area is 179 Å². The van der Waals surface area contributed by atoms with Gasteiger partial charge in [-0.3, -0.25) is 4.79 Å². The highest BCUT2D eigenvalue weighted by molar-refractivity contribution is 7.12. The normalized spacial score (nSPS) is 15.8. The van der Waals surface area contributed by atoms with E-state index in [4.69, 9.17) is 4.74 Å². The molecule has 9 heteroatoms. The molecule has 0 saturated carbocycles. The molecule has 1 N–H and O–H groups in total. The van der Waals surface area contributed by atoms with Crippen LogP contribution in [-0.2, 0) is 9.53 Å². The molecule has 2 aromatic rings. The number of carbonyl (C=O) groups is 2. The summed E-state index contributed by atoms with van der Waals surface area (Å²) in [5, 5.41) is 10.5. The third kappa shape index (κ3) is 5.03. The lowest BCUT2D eigenvalue weighted by molar-refractivity contribution is -0.133. The minimum absolute atomic E-state index is 0.179. The number of amides is 3. The second-order valence-electron chi connectivity index (χ2n) is 6.75. The van der Waals surface area contributed by atoms with Crippen molar-refractivity contribution in [1.82, 2.24) is 15.2 Å². The Hall–Kier alpha value is -2.78. The van der Waals surface area contributed by atoms with Gasteiger partial charge in [0.15, 0.2) is 0 Å². The number of thiophene rings is 1. The molecule has 0 unspecified atom stereocenters. The number of nitrogens with one attached hydrogen (secondary N) is 1. The van der Waals surface area contributed by atoms with E-state index in [9.17, 15) is 14.0 Å². The highest BCUT2D eigenvalue weighted by Gasteiger charge is 2.35. The zero-order valence-electron chi connectivity index (χ0n) is 17.0. The van der Waals surface area contributed by atoms with Crippen LogP contribution in [0.5, 0.6) is 0 Å². The first-order chi connectivity index (χ1) is 14.5. The van der Waals surface area contributed by atoms with Crippen molar-refractivity contribution >= 4 is 29.0 Å². The molecule has 2 heterocycles. The number of rotatable bonds is 8. The fourth-order valence-electron chi connectivity index (χ4n) is 3.27. The lowest BCUT2D eigenvalue weighted by atomic mass is 10.0. The van der Waals surface area contributed by atoms with Crippen LogP contribution in [0.15, 0.2) is 46.9 Å². The van der Waals surface area contributed by atoms with Crippen molar-refractivity contribution in [2.75, 3.05) is 33.4 Å². The van der Waals surface area contributed by atoms with Crippen molar-refractivity contribution in [1.29, 1.82) is 0 Å². The lowest BCUT2D eigenvalue weighted by Gasteiger charge is -2.27. The summed E-state index contributed by atoms with van der Waals surface area (Å²) in [6, 6.07) is 9.32. The first kappa shape index (κ1) is 21.9. The first-order valence-corrected chi connectivity index (χ1v) is 10.6. The fraction of sp³-hybridized carbons (Fsp3) is 0.381. The van der Waals surface area contributed by atoms with Gasteiger partial charge in [0.05, 0.1) is 23.2 Å². The smallest absolute Gasteiger partial charge is 0.317 e. The van der Waals surface area contributed by atoms with Gasteiger partial charge >= 0.3 is 6.03 Å². The van der Waals surface area contributed by atoms with Crippen molar-refractivity contribution in [3.8, 4) is 0 Å². The number of urea groups is 1. The van der Waals surface area contributed by atoms with E-state index >= 15 is 0 Å². The van der Waals surface area contributed by atoms with Gasteiger partial charge in [0.2, 0.25) is 0 Å². The maximum atomic E-state index is 14.5. The highest BCUT2D eigenvalue weighted by atomic mass is 32.1.